The van der Waals surface area contributed by atoms with Gasteiger partial charge < -0.3 is 9.67 Å². The molecule has 0 amide bonds. The van der Waals surface area contributed by atoms with Gasteiger partial charge in [-0.1, -0.05) is 11.8 Å². The highest BCUT2D eigenvalue weighted by Gasteiger charge is 2.18. The molecule has 0 aliphatic carbocycles. The molecule has 1 unspecified atom stereocenters. The van der Waals surface area contributed by atoms with Crippen molar-refractivity contribution in [1.29, 1.82) is 0 Å². The van der Waals surface area contributed by atoms with Crippen LogP contribution in [0.3, 0.4) is 0 Å². The molecule has 0 bridgehead atoms. The Labute approximate surface area is 102 Å². The first-order valence-electron chi connectivity index (χ1n) is 5.09. The maximum absolute atomic E-state index is 10.5. The van der Waals surface area contributed by atoms with Gasteiger partial charge in [-0.3, -0.25) is 4.79 Å². The van der Waals surface area contributed by atoms with Gasteiger partial charge in [-0.05, 0) is 18.6 Å². The van der Waals surface area contributed by atoms with E-state index in [0.717, 1.165) is 6.54 Å². The lowest BCUT2D eigenvalue weighted by Gasteiger charge is -2.10. The molecule has 1 aromatic heterocycles. The first-order valence-corrected chi connectivity index (χ1v) is 7.13. The van der Waals surface area contributed by atoms with Crippen molar-refractivity contribution in [2.45, 2.75) is 29.8 Å². The third kappa shape index (κ3) is 3.15. The van der Waals surface area contributed by atoms with E-state index in [9.17, 15) is 4.79 Å². The van der Waals surface area contributed by atoms with E-state index in [-0.39, 0.29) is 5.75 Å². The molecule has 5 nitrogen and oxygen atoms in total. The van der Waals surface area contributed by atoms with Crippen LogP contribution in [0, 0.1) is 0 Å². The molecule has 1 aliphatic heterocycles. The van der Waals surface area contributed by atoms with Crippen LogP contribution in [-0.4, -0.2) is 42.6 Å². The average Bonchev–Trinajstić information content (AvgIpc) is 2.87. The molecule has 1 aromatic rings. The van der Waals surface area contributed by atoms with E-state index in [2.05, 4.69) is 10.2 Å². The molecule has 16 heavy (non-hydrogen) atoms. The molecule has 1 atom stereocenters. The number of nitrogens with zero attached hydrogens (tertiary/aromatic N) is 3. The van der Waals surface area contributed by atoms with Crippen molar-refractivity contribution in [1.82, 2.24) is 14.8 Å². The lowest BCUT2D eigenvalue weighted by Crippen LogP contribution is -2.10. The van der Waals surface area contributed by atoms with Gasteiger partial charge in [0.2, 0.25) is 0 Å². The normalized spacial score (nSPS) is 20.1. The van der Waals surface area contributed by atoms with Crippen LogP contribution < -0.4 is 0 Å². The van der Waals surface area contributed by atoms with Crippen molar-refractivity contribution in [3.8, 4) is 0 Å². The van der Waals surface area contributed by atoms with Gasteiger partial charge in [-0.25, -0.2) is 0 Å². The van der Waals surface area contributed by atoms with Crippen molar-refractivity contribution in [3.63, 3.8) is 0 Å². The van der Waals surface area contributed by atoms with Gasteiger partial charge in [0.05, 0.1) is 5.75 Å². The van der Waals surface area contributed by atoms with Gasteiger partial charge in [-0.15, -0.1) is 10.2 Å². The fourth-order valence-corrected chi connectivity index (χ4v) is 3.53. The largest absolute Gasteiger partial charge is 0.481 e. The Morgan fingerprint density at radius 2 is 2.62 bits per heavy atom. The van der Waals surface area contributed by atoms with Crippen LogP contribution in [0.1, 0.15) is 12.8 Å². The number of hydrogen-bond acceptors (Lipinski definition) is 5. The van der Waals surface area contributed by atoms with E-state index < -0.39 is 5.97 Å². The Balaban J connectivity index is 1.92. The van der Waals surface area contributed by atoms with E-state index in [1.54, 1.807) is 6.33 Å². The molecule has 0 spiro atoms. The summed E-state index contributed by atoms with van der Waals surface area (Å²) in [6.45, 7) is 0.889. The van der Waals surface area contributed by atoms with Crippen molar-refractivity contribution in [2.75, 3.05) is 11.5 Å². The Morgan fingerprint density at radius 3 is 3.31 bits per heavy atom. The quantitative estimate of drug-likeness (QED) is 0.805. The predicted octanol–water partition coefficient (Wildman–Crippen LogP) is 1.35. The van der Waals surface area contributed by atoms with Crippen molar-refractivity contribution < 1.29 is 9.90 Å². The van der Waals surface area contributed by atoms with E-state index in [1.165, 1.54) is 30.4 Å². The number of aliphatic carboxylic acids is 1. The Kier molecular flexibility index (Phi) is 4.11. The molecule has 0 saturated carbocycles. The van der Waals surface area contributed by atoms with Crippen molar-refractivity contribution in [2.24, 2.45) is 0 Å². The highest BCUT2D eigenvalue weighted by Crippen LogP contribution is 2.28. The van der Waals surface area contributed by atoms with E-state index >= 15 is 0 Å². The first-order chi connectivity index (χ1) is 7.75. The Morgan fingerprint density at radius 1 is 1.75 bits per heavy atom. The third-order valence-corrected chi connectivity index (χ3v) is 4.68. The van der Waals surface area contributed by atoms with Gasteiger partial charge in [0.15, 0.2) is 5.16 Å². The summed E-state index contributed by atoms with van der Waals surface area (Å²) < 4.78 is 1.95. The van der Waals surface area contributed by atoms with E-state index in [4.69, 9.17) is 5.11 Å². The second kappa shape index (κ2) is 5.58. The number of carbonyl (C=O) groups is 1. The summed E-state index contributed by atoms with van der Waals surface area (Å²) >= 11 is 3.20. The number of hydrogen-bond donors (Lipinski definition) is 1. The molecule has 7 heteroatoms. The van der Waals surface area contributed by atoms with Gasteiger partial charge in [-0.2, -0.15) is 11.8 Å². The minimum absolute atomic E-state index is 0.0382. The summed E-state index contributed by atoms with van der Waals surface area (Å²) in [5.74, 6) is 0.441. The van der Waals surface area contributed by atoms with Crippen LogP contribution in [0.4, 0.5) is 0 Å². The number of thioether (sulfide) groups is 2. The van der Waals surface area contributed by atoms with Crippen LogP contribution in [0.15, 0.2) is 11.5 Å². The molecule has 1 N–H and O–H groups in total. The molecule has 0 radical (unpaired) electrons. The molecular weight excluding hydrogens is 246 g/mol. The number of rotatable bonds is 5. The van der Waals surface area contributed by atoms with Gasteiger partial charge in [0, 0.05) is 11.8 Å². The topological polar surface area (TPSA) is 68.0 Å². The maximum atomic E-state index is 10.5. The minimum Gasteiger partial charge on any atom is -0.481 e. The number of aromatic nitrogens is 3. The molecule has 2 rings (SSSR count). The molecule has 88 valence electrons. The second-order valence-corrected chi connectivity index (χ2v) is 5.93. The van der Waals surface area contributed by atoms with Crippen molar-refractivity contribution in [3.05, 3.63) is 6.33 Å². The molecule has 1 aliphatic rings. The van der Waals surface area contributed by atoms with Gasteiger partial charge in [0.1, 0.15) is 6.33 Å². The van der Waals surface area contributed by atoms with Gasteiger partial charge in [0.25, 0.3) is 0 Å². The SMILES string of the molecule is O=C(O)CSc1nncn1CC1CCCS1. The second-order valence-electron chi connectivity index (χ2n) is 3.58. The van der Waals surface area contributed by atoms with E-state index in [0.29, 0.717) is 10.4 Å². The Hall–Kier alpha value is -0.690. The summed E-state index contributed by atoms with van der Waals surface area (Å²) in [6.07, 6.45) is 4.18. The molecule has 0 aromatic carbocycles. The summed E-state index contributed by atoms with van der Waals surface area (Å²) in [6, 6.07) is 0. The molecule has 2 heterocycles. The summed E-state index contributed by atoms with van der Waals surface area (Å²) in [4.78, 5) is 10.5. The van der Waals surface area contributed by atoms with Crippen LogP contribution in [0.5, 0.6) is 0 Å². The van der Waals surface area contributed by atoms with E-state index in [1.807, 2.05) is 16.3 Å². The minimum atomic E-state index is -0.824. The maximum Gasteiger partial charge on any atom is 0.313 e. The van der Waals surface area contributed by atoms with Crippen LogP contribution in [0.2, 0.25) is 0 Å². The summed E-state index contributed by atoms with van der Waals surface area (Å²) in [5.41, 5.74) is 0. The zero-order valence-corrected chi connectivity index (χ0v) is 10.3. The Bertz CT molecular complexity index is 363. The standard InChI is InChI=1S/C9H13N3O2S2/c13-8(14)5-16-9-11-10-6-12(9)4-7-2-1-3-15-7/h6-7H,1-5H2,(H,13,14). The van der Waals surface area contributed by atoms with Crippen LogP contribution in [0.25, 0.3) is 0 Å². The van der Waals surface area contributed by atoms with Crippen molar-refractivity contribution >= 4 is 29.5 Å². The zero-order chi connectivity index (χ0) is 11.4. The highest BCUT2D eigenvalue weighted by atomic mass is 32.2. The monoisotopic (exact) mass is 259 g/mol. The highest BCUT2D eigenvalue weighted by molar-refractivity contribution is 8.00. The molecule has 1 fully saturated rings. The van der Waals surface area contributed by atoms with Gasteiger partial charge >= 0.3 is 5.97 Å². The predicted molar refractivity (Wildman–Crippen MR) is 63.9 cm³/mol. The fourth-order valence-electron chi connectivity index (χ4n) is 1.62. The molecule has 1 saturated heterocycles. The summed E-state index contributed by atoms with van der Waals surface area (Å²) in [7, 11) is 0. The number of carboxylic acids is 1. The van der Waals surface area contributed by atoms with Crippen LogP contribution >= 0.6 is 23.5 Å². The molecular formula is C9H13N3O2S2. The summed E-state index contributed by atoms with van der Waals surface area (Å²) in [5, 5.41) is 17.7. The smallest absolute Gasteiger partial charge is 0.313 e. The lowest BCUT2D eigenvalue weighted by molar-refractivity contribution is -0.133. The van der Waals surface area contributed by atoms with Crippen LogP contribution in [-0.2, 0) is 11.3 Å². The lowest BCUT2D eigenvalue weighted by atomic mass is 10.2. The first kappa shape index (κ1) is 11.8. The fraction of sp³-hybridized carbons (Fsp3) is 0.667. The average molecular weight is 259 g/mol. The number of carboxylic acid groups (broad SMARTS) is 1. The third-order valence-electron chi connectivity index (χ3n) is 2.33. The zero-order valence-electron chi connectivity index (χ0n) is 8.70.